The Kier molecular flexibility index (Phi) is 3.63. The van der Waals surface area contributed by atoms with E-state index in [1.165, 1.54) is 0 Å². The van der Waals surface area contributed by atoms with Crippen LogP contribution in [-0.4, -0.2) is 26.7 Å². The van der Waals surface area contributed by atoms with Gasteiger partial charge < -0.3 is 5.73 Å². The molecule has 0 saturated heterocycles. The first-order valence-corrected chi connectivity index (χ1v) is 6.17. The zero-order chi connectivity index (χ0) is 11.4. The molecule has 86 valence electrons. The highest BCUT2D eigenvalue weighted by atomic mass is 32.1. The molecule has 0 bridgehead atoms. The fraction of sp³-hybridized carbons (Fsp3) is 0.500. The number of rotatable bonds is 5. The summed E-state index contributed by atoms with van der Waals surface area (Å²) >= 11 is 1.65. The molecule has 16 heavy (non-hydrogen) atoms. The van der Waals surface area contributed by atoms with Crippen LogP contribution in [0.1, 0.15) is 28.8 Å². The molecule has 0 aromatic carbocycles. The lowest BCUT2D eigenvalue weighted by Crippen LogP contribution is -2.01. The average Bonchev–Trinajstić information content (AvgIpc) is 2.86. The molecular formula is C10H15N5S. The monoisotopic (exact) mass is 237 g/mol. The van der Waals surface area contributed by atoms with Gasteiger partial charge in [0.05, 0.1) is 17.1 Å². The highest BCUT2D eigenvalue weighted by molar-refractivity contribution is 7.09. The number of aromatic nitrogens is 4. The summed E-state index contributed by atoms with van der Waals surface area (Å²) in [4.78, 5) is 8.78. The van der Waals surface area contributed by atoms with Gasteiger partial charge in [0, 0.05) is 11.8 Å². The Balaban J connectivity index is 1.97. The third-order valence-electron chi connectivity index (χ3n) is 2.20. The first-order valence-electron chi connectivity index (χ1n) is 5.29. The third-order valence-corrected chi connectivity index (χ3v) is 3.02. The summed E-state index contributed by atoms with van der Waals surface area (Å²) in [6.45, 7) is 2.68. The molecule has 2 aromatic rings. The topological polar surface area (TPSA) is 80.5 Å². The number of hydrogen-bond donors (Lipinski definition) is 2. The molecule has 0 unspecified atom stereocenters. The minimum atomic E-state index is 0.676. The van der Waals surface area contributed by atoms with E-state index < -0.39 is 0 Å². The maximum absolute atomic E-state index is 5.44. The number of aryl methyl sites for hydroxylation is 2. The van der Waals surface area contributed by atoms with Crippen LogP contribution in [0.25, 0.3) is 0 Å². The second-order valence-electron chi connectivity index (χ2n) is 3.63. The van der Waals surface area contributed by atoms with E-state index in [1.54, 1.807) is 11.3 Å². The normalized spacial score (nSPS) is 10.9. The SMILES string of the molecule is Cc1nc(Cc2nc(CCCN)n[nH]2)cs1. The summed E-state index contributed by atoms with van der Waals surface area (Å²) in [5, 5.41) is 10.2. The molecular weight excluding hydrogens is 222 g/mol. The number of nitrogens with zero attached hydrogens (tertiary/aromatic N) is 3. The van der Waals surface area contributed by atoms with Gasteiger partial charge in [-0.05, 0) is 19.9 Å². The third kappa shape index (κ3) is 2.86. The summed E-state index contributed by atoms with van der Waals surface area (Å²) in [6.07, 6.45) is 2.48. The van der Waals surface area contributed by atoms with Crippen molar-refractivity contribution >= 4 is 11.3 Å². The highest BCUT2D eigenvalue weighted by Crippen LogP contribution is 2.10. The van der Waals surface area contributed by atoms with Crippen molar-refractivity contribution in [3.63, 3.8) is 0 Å². The Hall–Kier alpha value is -1.27. The molecule has 2 rings (SSSR count). The van der Waals surface area contributed by atoms with E-state index in [1.807, 2.05) is 6.92 Å². The first-order chi connectivity index (χ1) is 7.78. The lowest BCUT2D eigenvalue weighted by Gasteiger charge is -1.91. The van der Waals surface area contributed by atoms with E-state index in [2.05, 4.69) is 25.5 Å². The lowest BCUT2D eigenvalue weighted by molar-refractivity contribution is 0.785. The van der Waals surface area contributed by atoms with Crippen molar-refractivity contribution in [2.75, 3.05) is 6.54 Å². The molecule has 5 nitrogen and oxygen atoms in total. The Morgan fingerprint density at radius 1 is 1.44 bits per heavy atom. The highest BCUT2D eigenvalue weighted by Gasteiger charge is 2.05. The van der Waals surface area contributed by atoms with Gasteiger partial charge in [0.2, 0.25) is 0 Å². The smallest absolute Gasteiger partial charge is 0.150 e. The molecule has 0 spiro atoms. The number of aromatic amines is 1. The second-order valence-corrected chi connectivity index (χ2v) is 4.69. The molecule has 0 fully saturated rings. The minimum absolute atomic E-state index is 0.676. The fourth-order valence-corrected chi connectivity index (χ4v) is 2.06. The summed E-state index contributed by atoms with van der Waals surface area (Å²) in [5.74, 6) is 1.71. The van der Waals surface area contributed by atoms with Gasteiger partial charge in [0.25, 0.3) is 0 Å². The molecule has 0 radical (unpaired) electrons. The van der Waals surface area contributed by atoms with E-state index in [0.29, 0.717) is 6.54 Å². The van der Waals surface area contributed by atoms with Crippen LogP contribution in [0.3, 0.4) is 0 Å². The quantitative estimate of drug-likeness (QED) is 0.814. The minimum Gasteiger partial charge on any atom is -0.330 e. The van der Waals surface area contributed by atoms with Crippen LogP contribution in [0.5, 0.6) is 0 Å². The van der Waals surface area contributed by atoms with Crippen LogP contribution in [0.2, 0.25) is 0 Å². The number of nitrogens with two attached hydrogens (primary N) is 1. The van der Waals surface area contributed by atoms with Crippen molar-refractivity contribution in [3.8, 4) is 0 Å². The molecule has 2 heterocycles. The number of H-pyrrole nitrogens is 1. The molecule has 0 amide bonds. The molecule has 0 aliphatic heterocycles. The van der Waals surface area contributed by atoms with Crippen LogP contribution in [0.15, 0.2) is 5.38 Å². The maximum Gasteiger partial charge on any atom is 0.150 e. The Labute approximate surface area is 98.1 Å². The van der Waals surface area contributed by atoms with Crippen LogP contribution < -0.4 is 5.73 Å². The van der Waals surface area contributed by atoms with Gasteiger partial charge >= 0.3 is 0 Å². The largest absolute Gasteiger partial charge is 0.330 e. The van der Waals surface area contributed by atoms with Crippen LogP contribution in [0, 0.1) is 6.92 Å². The Morgan fingerprint density at radius 3 is 3.00 bits per heavy atom. The van der Waals surface area contributed by atoms with Gasteiger partial charge in [0.1, 0.15) is 5.82 Å². The fourth-order valence-electron chi connectivity index (χ4n) is 1.45. The summed E-state index contributed by atoms with van der Waals surface area (Å²) in [5.41, 5.74) is 6.48. The standard InChI is InChI=1S/C10H15N5S/c1-7-12-8(6-16-7)5-10-13-9(14-15-10)3-2-4-11/h6H,2-5,11H2,1H3,(H,13,14,15). The van der Waals surface area contributed by atoms with Gasteiger partial charge in [-0.15, -0.1) is 11.3 Å². The Morgan fingerprint density at radius 2 is 2.31 bits per heavy atom. The first kappa shape index (κ1) is 11.2. The van der Waals surface area contributed by atoms with E-state index >= 15 is 0 Å². The van der Waals surface area contributed by atoms with Gasteiger partial charge in [-0.1, -0.05) is 0 Å². The molecule has 3 N–H and O–H groups in total. The molecule has 6 heteroatoms. The van der Waals surface area contributed by atoms with Crippen molar-refractivity contribution in [2.45, 2.75) is 26.2 Å². The predicted molar refractivity (Wildman–Crippen MR) is 63.4 cm³/mol. The zero-order valence-electron chi connectivity index (χ0n) is 9.23. The van der Waals surface area contributed by atoms with Crippen molar-refractivity contribution in [2.24, 2.45) is 5.73 Å². The van der Waals surface area contributed by atoms with Crippen LogP contribution in [0.4, 0.5) is 0 Å². The van der Waals surface area contributed by atoms with Crippen molar-refractivity contribution in [3.05, 3.63) is 27.7 Å². The van der Waals surface area contributed by atoms with Gasteiger partial charge in [0.15, 0.2) is 5.82 Å². The van der Waals surface area contributed by atoms with E-state index in [9.17, 15) is 0 Å². The lowest BCUT2D eigenvalue weighted by atomic mass is 10.3. The molecule has 0 aliphatic carbocycles. The average molecular weight is 237 g/mol. The summed E-state index contributed by atoms with van der Waals surface area (Å²) in [6, 6.07) is 0. The van der Waals surface area contributed by atoms with E-state index in [0.717, 1.165) is 41.6 Å². The van der Waals surface area contributed by atoms with Crippen molar-refractivity contribution in [1.82, 2.24) is 20.2 Å². The number of hydrogen-bond acceptors (Lipinski definition) is 5. The molecule has 0 aliphatic rings. The molecule has 2 aromatic heterocycles. The maximum atomic E-state index is 5.44. The van der Waals surface area contributed by atoms with Crippen LogP contribution in [-0.2, 0) is 12.8 Å². The summed E-state index contributed by atoms with van der Waals surface area (Å²) in [7, 11) is 0. The van der Waals surface area contributed by atoms with Crippen molar-refractivity contribution in [1.29, 1.82) is 0 Å². The zero-order valence-corrected chi connectivity index (χ0v) is 10.0. The second kappa shape index (κ2) is 5.18. The van der Waals surface area contributed by atoms with Crippen LogP contribution >= 0.6 is 11.3 Å². The number of nitrogens with one attached hydrogen (secondary N) is 1. The summed E-state index contributed by atoms with van der Waals surface area (Å²) < 4.78 is 0. The predicted octanol–water partition coefficient (Wildman–Crippen LogP) is 1.05. The van der Waals surface area contributed by atoms with E-state index in [-0.39, 0.29) is 0 Å². The Bertz CT molecular complexity index is 448. The molecule has 0 saturated carbocycles. The van der Waals surface area contributed by atoms with Crippen molar-refractivity contribution < 1.29 is 0 Å². The van der Waals surface area contributed by atoms with Gasteiger partial charge in [-0.3, -0.25) is 5.10 Å². The van der Waals surface area contributed by atoms with Gasteiger partial charge in [-0.2, -0.15) is 5.10 Å². The van der Waals surface area contributed by atoms with E-state index in [4.69, 9.17) is 5.73 Å². The number of thiazole rings is 1. The molecule has 0 atom stereocenters. The van der Waals surface area contributed by atoms with Gasteiger partial charge in [-0.25, -0.2) is 9.97 Å².